The predicted molar refractivity (Wildman–Crippen MR) is 114 cm³/mol. The Morgan fingerprint density at radius 1 is 1.17 bits per heavy atom. The molecule has 2 amide bonds. The normalized spacial score (nSPS) is 16.7. The van der Waals surface area contributed by atoms with Crippen molar-refractivity contribution in [2.24, 2.45) is 5.92 Å². The molecule has 8 nitrogen and oxygen atoms in total. The van der Waals surface area contributed by atoms with Gasteiger partial charge in [-0.1, -0.05) is 26.0 Å². The number of ether oxygens (including phenoxy) is 1. The van der Waals surface area contributed by atoms with Crippen LogP contribution in [0.3, 0.4) is 0 Å². The van der Waals surface area contributed by atoms with Gasteiger partial charge in [-0.15, -0.1) is 0 Å². The second kappa shape index (κ2) is 8.14. The number of benzene rings is 2. The van der Waals surface area contributed by atoms with Crippen molar-refractivity contribution in [1.82, 2.24) is 0 Å². The van der Waals surface area contributed by atoms with Gasteiger partial charge in [-0.2, -0.15) is 0 Å². The van der Waals surface area contributed by atoms with Crippen LogP contribution in [-0.2, 0) is 9.59 Å². The van der Waals surface area contributed by atoms with Gasteiger partial charge in [0, 0.05) is 17.8 Å². The Morgan fingerprint density at radius 3 is 2.50 bits per heavy atom. The minimum Gasteiger partial charge on any atom is -0.478 e. The van der Waals surface area contributed by atoms with Gasteiger partial charge in [0.1, 0.15) is 11.8 Å². The maximum atomic E-state index is 13.2. The van der Waals surface area contributed by atoms with Crippen molar-refractivity contribution in [1.29, 1.82) is 0 Å². The smallest absolute Gasteiger partial charge is 0.271 e. The summed E-state index contributed by atoms with van der Waals surface area (Å²) in [5.41, 5.74) is 2.58. The molecule has 0 radical (unpaired) electrons. The maximum Gasteiger partial charge on any atom is 0.271 e. The molecule has 2 atom stereocenters. The van der Waals surface area contributed by atoms with Gasteiger partial charge < -0.3 is 10.1 Å². The molecule has 0 spiro atoms. The quantitative estimate of drug-likeness (QED) is 0.592. The minimum absolute atomic E-state index is 0.141. The lowest BCUT2D eigenvalue weighted by molar-refractivity contribution is -0.384. The largest absolute Gasteiger partial charge is 0.478 e. The van der Waals surface area contributed by atoms with Crippen LogP contribution < -0.4 is 15.0 Å². The Bertz CT molecular complexity index is 1020. The Hall–Kier alpha value is -3.42. The van der Waals surface area contributed by atoms with Gasteiger partial charge in [0.2, 0.25) is 5.91 Å². The van der Waals surface area contributed by atoms with E-state index >= 15 is 0 Å². The fraction of sp³-hybridized carbons (Fsp3) is 0.364. The summed E-state index contributed by atoms with van der Waals surface area (Å²) in [7, 11) is 0. The van der Waals surface area contributed by atoms with Gasteiger partial charge in [-0.05, 0) is 49.9 Å². The number of hydrogen-bond acceptors (Lipinski definition) is 5. The van der Waals surface area contributed by atoms with Crippen molar-refractivity contribution in [2.75, 3.05) is 10.2 Å². The third kappa shape index (κ3) is 3.98. The summed E-state index contributed by atoms with van der Waals surface area (Å²) in [6, 6.07) is 8.87. The Balaban J connectivity index is 2.00. The summed E-state index contributed by atoms with van der Waals surface area (Å²) in [5, 5.41) is 14.1. The number of hydrogen-bond donors (Lipinski definition) is 1. The average molecular weight is 411 g/mol. The Kier molecular flexibility index (Phi) is 5.78. The number of fused-ring (bicyclic) bond motifs is 1. The molecule has 2 aromatic carbocycles. The van der Waals surface area contributed by atoms with Gasteiger partial charge >= 0.3 is 0 Å². The van der Waals surface area contributed by atoms with Gasteiger partial charge in [0.25, 0.3) is 11.6 Å². The molecule has 1 aliphatic heterocycles. The zero-order valence-corrected chi connectivity index (χ0v) is 17.6. The van der Waals surface area contributed by atoms with Crippen LogP contribution in [0.5, 0.6) is 5.75 Å². The molecule has 0 fully saturated rings. The van der Waals surface area contributed by atoms with Crippen molar-refractivity contribution >= 4 is 28.9 Å². The van der Waals surface area contributed by atoms with E-state index in [9.17, 15) is 19.7 Å². The molecule has 2 unspecified atom stereocenters. The summed E-state index contributed by atoms with van der Waals surface area (Å²) in [6.07, 6.45) is -0.782. The number of carbonyl (C=O) groups is 2. The summed E-state index contributed by atoms with van der Waals surface area (Å²) in [4.78, 5) is 38.2. The number of nitro groups is 1. The first-order valence-corrected chi connectivity index (χ1v) is 9.76. The highest BCUT2D eigenvalue weighted by molar-refractivity contribution is 6.08. The number of anilines is 2. The fourth-order valence-corrected chi connectivity index (χ4v) is 3.40. The molecule has 1 aliphatic rings. The highest BCUT2D eigenvalue weighted by Gasteiger charge is 2.41. The lowest BCUT2D eigenvalue weighted by Gasteiger charge is -2.38. The number of nitrogens with one attached hydrogen (secondary N) is 1. The number of nitrogens with zero attached hydrogens (tertiary/aromatic N) is 2. The van der Waals surface area contributed by atoms with Gasteiger partial charge in [0.15, 0.2) is 6.10 Å². The van der Waals surface area contributed by atoms with E-state index < -0.39 is 23.0 Å². The molecule has 30 heavy (non-hydrogen) atoms. The number of nitro benzene ring substituents is 1. The molecule has 0 aliphatic carbocycles. The van der Waals surface area contributed by atoms with E-state index in [1.54, 1.807) is 6.92 Å². The molecule has 8 heteroatoms. The predicted octanol–water partition coefficient (Wildman–Crippen LogP) is 3.99. The van der Waals surface area contributed by atoms with Crippen LogP contribution in [0.25, 0.3) is 0 Å². The average Bonchev–Trinajstić information content (AvgIpc) is 2.69. The molecule has 0 saturated carbocycles. The monoisotopic (exact) mass is 411 g/mol. The fourth-order valence-electron chi connectivity index (χ4n) is 3.40. The van der Waals surface area contributed by atoms with Crippen molar-refractivity contribution in [2.45, 2.75) is 46.8 Å². The molecule has 1 heterocycles. The molecule has 0 aromatic heterocycles. The van der Waals surface area contributed by atoms with E-state index in [-0.39, 0.29) is 23.2 Å². The summed E-state index contributed by atoms with van der Waals surface area (Å²) in [5.74, 6) is -0.594. The van der Waals surface area contributed by atoms with E-state index in [2.05, 4.69) is 5.32 Å². The van der Waals surface area contributed by atoms with Gasteiger partial charge in [-0.25, -0.2) is 0 Å². The van der Waals surface area contributed by atoms with E-state index in [1.807, 2.05) is 45.9 Å². The van der Waals surface area contributed by atoms with Crippen LogP contribution in [-0.4, -0.2) is 28.9 Å². The molecule has 0 bridgehead atoms. The van der Waals surface area contributed by atoms with Crippen molar-refractivity contribution in [3.63, 3.8) is 0 Å². The maximum absolute atomic E-state index is 13.2. The molecule has 3 rings (SSSR count). The van der Waals surface area contributed by atoms with Crippen LogP contribution in [0.2, 0.25) is 0 Å². The minimum atomic E-state index is -0.900. The van der Waals surface area contributed by atoms with E-state index in [0.717, 1.165) is 11.1 Å². The van der Waals surface area contributed by atoms with Crippen molar-refractivity contribution in [3.8, 4) is 5.75 Å². The van der Waals surface area contributed by atoms with E-state index in [0.29, 0.717) is 11.4 Å². The topological polar surface area (TPSA) is 102 Å². The Morgan fingerprint density at radius 2 is 1.87 bits per heavy atom. The Labute approximate surface area is 175 Å². The number of aryl methyl sites for hydroxylation is 2. The highest BCUT2D eigenvalue weighted by atomic mass is 16.6. The molecule has 1 N–H and O–H groups in total. The van der Waals surface area contributed by atoms with Gasteiger partial charge in [0.05, 0.1) is 10.6 Å². The summed E-state index contributed by atoms with van der Waals surface area (Å²) < 4.78 is 5.81. The summed E-state index contributed by atoms with van der Waals surface area (Å²) >= 11 is 0. The first-order chi connectivity index (χ1) is 14.1. The standard InChI is InChI=1S/C22H25N3O5/c1-12(2)20-22(27)24(18-11-16(25(28)29)8-9-19(18)30-20)15(5)21(26)23-17-10-13(3)6-7-14(17)4/h6-12,15,20H,1-5H3,(H,23,26). The molecule has 0 saturated heterocycles. The van der Waals surface area contributed by atoms with Crippen LogP contribution in [0, 0.1) is 29.9 Å². The van der Waals surface area contributed by atoms with Crippen molar-refractivity contribution in [3.05, 3.63) is 57.6 Å². The third-order valence-corrected chi connectivity index (χ3v) is 5.17. The number of amides is 2. The molecule has 158 valence electrons. The van der Waals surface area contributed by atoms with Crippen LogP contribution in [0.4, 0.5) is 17.1 Å². The van der Waals surface area contributed by atoms with Crippen LogP contribution in [0.1, 0.15) is 31.9 Å². The number of non-ortho nitro benzene ring substituents is 1. The zero-order chi connectivity index (χ0) is 22.2. The highest BCUT2D eigenvalue weighted by Crippen LogP contribution is 2.39. The summed E-state index contributed by atoms with van der Waals surface area (Å²) in [6.45, 7) is 9.10. The first-order valence-electron chi connectivity index (χ1n) is 9.76. The van der Waals surface area contributed by atoms with Crippen molar-refractivity contribution < 1.29 is 19.2 Å². The van der Waals surface area contributed by atoms with E-state index in [4.69, 9.17) is 4.74 Å². The second-order valence-corrected chi connectivity index (χ2v) is 7.88. The lowest BCUT2D eigenvalue weighted by atomic mass is 10.0. The molecule has 2 aromatic rings. The van der Waals surface area contributed by atoms with E-state index in [1.165, 1.54) is 23.1 Å². The molecular formula is C22H25N3O5. The lowest BCUT2D eigenvalue weighted by Crippen LogP contribution is -2.55. The number of carbonyl (C=O) groups excluding carboxylic acids is 2. The third-order valence-electron chi connectivity index (χ3n) is 5.17. The zero-order valence-electron chi connectivity index (χ0n) is 17.6. The second-order valence-electron chi connectivity index (χ2n) is 7.88. The molecular weight excluding hydrogens is 386 g/mol. The first kappa shape index (κ1) is 21.3. The van der Waals surface area contributed by atoms with Gasteiger partial charge in [-0.3, -0.25) is 24.6 Å². The number of rotatable bonds is 5. The van der Waals surface area contributed by atoms with Crippen LogP contribution in [0.15, 0.2) is 36.4 Å². The SMILES string of the molecule is Cc1ccc(C)c(NC(=O)C(C)N2C(=O)C(C(C)C)Oc3ccc([N+](=O)[O-])cc32)c1. The van der Waals surface area contributed by atoms with Crippen LogP contribution >= 0.6 is 0 Å².